The second-order valence-corrected chi connectivity index (χ2v) is 8.14. The molecule has 0 heterocycles. The van der Waals surface area contributed by atoms with E-state index in [1.807, 2.05) is 27.7 Å². The number of fused-ring (bicyclic) bond motifs is 1. The highest BCUT2D eigenvalue weighted by atomic mass is 79.9. The second-order valence-electron chi connectivity index (χ2n) is 7.22. The Bertz CT molecular complexity index is 554. The Morgan fingerprint density at radius 2 is 2.17 bits per heavy atom. The number of aryl methyl sites for hydroxylation is 1. The van der Waals surface area contributed by atoms with Gasteiger partial charge in [0.2, 0.25) is 0 Å². The molecule has 5 heteroatoms. The fourth-order valence-electron chi connectivity index (χ4n) is 2.85. The lowest BCUT2D eigenvalue weighted by Crippen LogP contribution is -2.39. The molecule has 2 rings (SSSR count). The number of amides is 1. The first kappa shape index (κ1) is 18.3. The molecule has 1 aliphatic rings. The van der Waals surface area contributed by atoms with Gasteiger partial charge in [0, 0.05) is 16.6 Å². The monoisotopic (exact) mass is 382 g/mol. The molecule has 23 heavy (non-hydrogen) atoms. The van der Waals surface area contributed by atoms with E-state index in [1.54, 1.807) is 0 Å². The molecule has 0 aliphatic heterocycles. The molecule has 2 atom stereocenters. The highest BCUT2D eigenvalue weighted by Gasteiger charge is 2.22. The van der Waals surface area contributed by atoms with Gasteiger partial charge >= 0.3 is 6.09 Å². The highest BCUT2D eigenvalue weighted by Crippen LogP contribution is 2.32. The van der Waals surface area contributed by atoms with E-state index < -0.39 is 5.60 Å². The number of alkyl carbamates (subject to hydrolysis) is 1. The number of nitrogens with one attached hydrogen (secondary N) is 2. The van der Waals surface area contributed by atoms with E-state index >= 15 is 0 Å². The first-order valence-corrected chi connectivity index (χ1v) is 9.05. The number of carbonyl (C=O) groups excluding carboxylic acids is 1. The van der Waals surface area contributed by atoms with E-state index in [1.165, 1.54) is 11.1 Å². The first-order valence-electron chi connectivity index (χ1n) is 8.26. The molecule has 1 amide bonds. The number of carbonyl (C=O) groups is 1. The molecule has 0 saturated heterocycles. The first-order chi connectivity index (χ1) is 10.7. The summed E-state index contributed by atoms with van der Waals surface area (Å²) in [5.41, 5.74) is 2.38. The summed E-state index contributed by atoms with van der Waals surface area (Å²) in [6, 6.07) is 7.02. The summed E-state index contributed by atoms with van der Waals surface area (Å²) in [5, 5.41) is 6.48. The van der Waals surface area contributed by atoms with Crippen molar-refractivity contribution in [1.29, 1.82) is 0 Å². The molecule has 0 aromatic heterocycles. The van der Waals surface area contributed by atoms with Gasteiger partial charge < -0.3 is 15.4 Å². The Balaban J connectivity index is 1.73. The Labute approximate surface area is 147 Å². The van der Waals surface area contributed by atoms with E-state index in [2.05, 4.69) is 44.8 Å². The average molecular weight is 383 g/mol. The molecule has 1 aromatic carbocycles. The largest absolute Gasteiger partial charge is 0.444 e. The van der Waals surface area contributed by atoms with Gasteiger partial charge in [-0.2, -0.15) is 0 Å². The van der Waals surface area contributed by atoms with Crippen molar-refractivity contribution in [3.63, 3.8) is 0 Å². The van der Waals surface area contributed by atoms with Gasteiger partial charge in [0.1, 0.15) is 5.60 Å². The summed E-state index contributed by atoms with van der Waals surface area (Å²) < 4.78 is 6.42. The van der Waals surface area contributed by atoms with Crippen LogP contribution in [0.15, 0.2) is 22.7 Å². The van der Waals surface area contributed by atoms with Crippen molar-refractivity contribution in [2.45, 2.75) is 64.6 Å². The molecule has 0 spiro atoms. The minimum Gasteiger partial charge on any atom is -0.444 e. The quantitative estimate of drug-likeness (QED) is 0.796. The van der Waals surface area contributed by atoms with E-state index in [9.17, 15) is 4.79 Å². The fourth-order valence-corrected chi connectivity index (χ4v) is 3.26. The number of hydrogen-bond donors (Lipinski definition) is 2. The summed E-state index contributed by atoms with van der Waals surface area (Å²) in [5.74, 6) is 0. The van der Waals surface area contributed by atoms with E-state index in [-0.39, 0.29) is 12.1 Å². The molecule has 4 nitrogen and oxygen atoms in total. The van der Waals surface area contributed by atoms with Crippen LogP contribution in [-0.2, 0) is 11.2 Å². The van der Waals surface area contributed by atoms with Crippen molar-refractivity contribution in [3.05, 3.63) is 33.8 Å². The topological polar surface area (TPSA) is 50.4 Å². The minimum atomic E-state index is -0.454. The molecule has 0 radical (unpaired) electrons. The maximum Gasteiger partial charge on any atom is 0.407 e. The van der Waals surface area contributed by atoms with Crippen LogP contribution in [0.3, 0.4) is 0 Å². The number of rotatable bonds is 5. The van der Waals surface area contributed by atoms with Crippen molar-refractivity contribution < 1.29 is 9.53 Å². The van der Waals surface area contributed by atoms with Crippen LogP contribution in [0, 0.1) is 0 Å². The summed E-state index contributed by atoms with van der Waals surface area (Å²) in [4.78, 5) is 11.7. The summed E-state index contributed by atoms with van der Waals surface area (Å²) in [6.45, 7) is 8.49. The van der Waals surface area contributed by atoms with Gasteiger partial charge in [-0.25, -0.2) is 4.79 Å². The summed E-state index contributed by atoms with van der Waals surface area (Å²) in [7, 11) is 0. The average Bonchev–Trinajstić information content (AvgIpc) is 2.78. The van der Waals surface area contributed by atoms with Crippen LogP contribution in [-0.4, -0.2) is 24.3 Å². The van der Waals surface area contributed by atoms with Gasteiger partial charge in [0.25, 0.3) is 0 Å². The molecule has 0 saturated carbocycles. The van der Waals surface area contributed by atoms with Crippen molar-refractivity contribution in [2.24, 2.45) is 0 Å². The molecule has 1 aromatic rings. The smallest absolute Gasteiger partial charge is 0.407 e. The fraction of sp³-hybridized carbons (Fsp3) is 0.611. The van der Waals surface area contributed by atoms with Crippen molar-refractivity contribution >= 4 is 22.0 Å². The zero-order chi connectivity index (χ0) is 17.0. The maximum absolute atomic E-state index is 11.7. The normalized spacial score (nSPS) is 18.4. The third-order valence-corrected chi connectivity index (χ3v) is 4.41. The Morgan fingerprint density at radius 1 is 1.43 bits per heavy atom. The maximum atomic E-state index is 11.7. The highest BCUT2D eigenvalue weighted by molar-refractivity contribution is 9.10. The van der Waals surface area contributed by atoms with E-state index in [0.717, 1.165) is 30.3 Å². The van der Waals surface area contributed by atoms with Crippen molar-refractivity contribution in [3.8, 4) is 0 Å². The number of ether oxygens (including phenoxy) is 1. The zero-order valence-corrected chi connectivity index (χ0v) is 16.0. The number of benzene rings is 1. The molecular weight excluding hydrogens is 356 g/mol. The van der Waals surface area contributed by atoms with Crippen molar-refractivity contribution in [1.82, 2.24) is 10.6 Å². The SMILES string of the molecule is CC(CCNC1CCc2cc(Br)ccc21)NC(=O)OC(C)(C)C. The second kappa shape index (κ2) is 7.67. The molecule has 1 aliphatic carbocycles. The van der Waals surface area contributed by atoms with E-state index in [4.69, 9.17) is 4.74 Å². The van der Waals surface area contributed by atoms with Crippen LogP contribution in [0.2, 0.25) is 0 Å². The predicted molar refractivity (Wildman–Crippen MR) is 96.7 cm³/mol. The van der Waals surface area contributed by atoms with Gasteiger partial charge in [0.15, 0.2) is 0 Å². The molecule has 2 unspecified atom stereocenters. The Kier molecular flexibility index (Phi) is 6.09. The van der Waals surface area contributed by atoms with Crippen LogP contribution < -0.4 is 10.6 Å². The lowest BCUT2D eigenvalue weighted by atomic mass is 10.1. The molecule has 0 fully saturated rings. The minimum absolute atomic E-state index is 0.0862. The zero-order valence-electron chi connectivity index (χ0n) is 14.4. The van der Waals surface area contributed by atoms with Gasteiger partial charge in [-0.3, -0.25) is 0 Å². The third-order valence-electron chi connectivity index (χ3n) is 3.91. The molecular formula is C18H27BrN2O2. The van der Waals surface area contributed by atoms with Crippen LogP contribution in [0.4, 0.5) is 4.79 Å². The predicted octanol–water partition coefficient (Wildman–Crippen LogP) is 4.33. The lowest BCUT2D eigenvalue weighted by Gasteiger charge is -2.22. The third kappa shape index (κ3) is 5.81. The van der Waals surface area contributed by atoms with Crippen LogP contribution in [0.5, 0.6) is 0 Å². The molecule has 0 bridgehead atoms. The lowest BCUT2D eigenvalue weighted by molar-refractivity contribution is 0.0506. The van der Waals surface area contributed by atoms with Gasteiger partial charge in [-0.15, -0.1) is 0 Å². The standard InChI is InChI=1S/C18H27BrN2O2/c1-12(21-17(22)23-18(2,3)4)9-10-20-16-8-5-13-11-14(19)6-7-15(13)16/h6-7,11-12,16,20H,5,8-10H2,1-4H3,(H,21,22). The van der Waals surface area contributed by atoms with Crippen LogP contribution in [0.1, 0.15) is 57.7 Å². The summed E-state index contributed by atoms with van der Waals surface area (Å²) >= 11 is 3.53. The molecule has 128 valence electrons. The van der Waals surface area contributed by atoms with Crippen molar-refractivity contribution in [2.75, 3.05) is 6.54 Å². The van der Waals surface area contributed by atoms with Crippen LogP contribution in [0.25, 0.3) is 0 Å². The van der Waals surface area contributed by atoms with Gasteiger partial charge in [-0.05, 0) is 76.8 Å². The Morgan fingerprint density at radius 3 is 2.87 bits per heavy atom. The van der Waals surface area contributed by atoms with Gasteiger partial charge in [0.05, 0.1) is 0 Å². The Hall–Kier alpha value is -1.07. The number of hydrogen-bond acceptors (Lipinski definition) is 3. The number of halogens is 1. The van der Waals surface area contributed by atoms with Crippen LogP contribution >= 0.6 is 15.9 Å². The molecule has 2 N–H and O–H groups in total. The van der Waals surface area contributed by atoms with E-state index in [0.29, 0.717) is 6.04 Å². The van der Waals surface area contributed by atoms with Gasteiger partial charge in [-0.1, -0.05) is 22.0 Å². The summed E-state index contributed by atoms with van der Waals surface area (Å²) in [6.07, 6.45) is 2.79.